The minimum atomic E-state index is -4.08. The lowest BCUT2D eigenvalue weighted by Gasteiger charge is -2.12. The zero-order chi connectivity index (χ0) is 15.6. The van der Waals surface area contributed by atoms with Gasteiger partial charge in [-0.25, -0.2) is 13.2 Å². The molecule has 1 heterocycles. The Bertz CT molecular complexity index is 624. The first-order valence-corrected chi connectivity index (χ1v) is 8.97. The van der Waals surface area contributed by atoms with Gasteiger partial charge in [0.05, 0.1) is 12.3 Å². The fourth-order valence-electron chi connectivity index (χ4n) is 1.94. The molecule has 1 atom stereocenters. The van der Waals surface area contributed by atoms with Crippen LogP contribution in [0.2, 0.25) is 0 Å². The predicted molar refractivity (Wildman–Crippen MR) is 75.0 cm³/mol. The average Bonchev–Trinajstić information content (AvgIpc) is 3.13. The van der Waals surface area contributed by atoms with Gasteiger partial charge in [0.25, 0.3) is 9.05 Å². The summed E-state index contributed by atoms with van der Waals surface area (Å²) in [4.78, 5) is 11.8. The summed E-state index contributed by atoms with van der Waals surface area (Å²) in [6.07, 6.45) is 1.18. The maximum atomic E-state index is 12.1. The summed E-state index contributed by atoms with van der Waals surface area (Å²) >= 11 is 0. The van der Waals surface area contributed by atoms with E-state index in [0.29, 0.717) is 12.3 Å². The van der Waals surface area contributed by atoms with Crippen molar-refractivity contribution in [1.82, 2.24) is 10.2 Å². The van der Waals surface area contributed by atoms with E-state index in [-0.39, 0.29) is 23.1 Å². The van der Waals surface area contributed by atoms with Crippen molar-refractivity contribution in [2.45, 2.75) is 43.6 Å². The maximum Gasteiger partial charge on any atom is 0.360 e. The van der Waals surface area contributed by atoms with Gasteiger partial charge in [0.15, 0.2) is 5.69 Å². The summed E-state index contributed by atoms with van der Waals surface area (Å²) in [5.74, 6) is -0.770. The van der Waals surface area contributed by atoms with Crippen LogP contribution in [0.1, 0.15) is 48.8 Å². The number of H-pyrrole nitrogens is 1. The highest BCUT2D eigenvalue weighted by atomic mass is 35.7. The van der Waals surface area contributed by atoms with Gasteiger partial charge in [0.2, 0.25) is 0 Å². The number of hydrogen-bond acceptors (Lipinski definition) is 6. The van der Waals surface area contributed by atoms with Crippen molar-refractivity contribution in [1.29, 1.82) is 0 Å². The van der Waals surface area contributed by atoms with E-state index in [1.54, 1.807) is 6.92 Å². The summed E-state index contributed by atoms with van der Waals surface area (Å²) in [5, 5.41) is 6.37. The number of aromatic nitrogens is 2. The molecule has 0 spiro atoms. The second-order valence-electron chi connectivity index (χ2n) is 4.90. The highest BCUT2D eigenvalue weighted by Gasteiger charge is 2.37. The molecule has 0 radical (unpaired) electrons. The normalized spacial score (nSPS) is 16.7. The molecule has 1 aliphatic rings. The third-order valence-corrected chi connectivity index (χ3v) is 4.40. The van der Waals surface area contributed by atoms with Crippen molar-refractivity contribution in [2.75, 3.05) is 13.2 Å². The van der Waals surface area contributed by atoms with Crippen LogP contribution in [0.3, 0.4) is 0 Å². The molecule has 1 unspecified atom stereocenters. The van der Waals surface area contributed by atoms with Gasteiger partial charge >= 0.3 is 5.97 Å². The Morgan fingerprint density at radius 2 is 2.19 bits per heavy atom. The zero-order valence-corrected chi connectivity index (χ0v) is 13.3. The topological polar surface area (TPSA) is 98.3 Å². The van der Waals surface area contributed by atoms with E-state index >= 15 is 0 Å². The second-order valence-corrected chi connectivity index (χ2v) is 7.41. The number of carbonyl (C=O) groups excluding carboxylic acids is 1. The number of rotatable bonds is 7. The quantitative estimate of drug-likeness (QED) is 0.602. The molecule has 0 bridgehead atoms. The number of nitrogens with zero attached hydrogens (tertiary/aromatic N) is 1. The summed E-state index contributed by atoms with van der Waals surface area (Å²) in [6, 6.07) is 0. The summed E-state index contributed by atoms with van der Waals surface area (Å²) < 4.78 is 33.7. The monoisotopic (exact) mass is 336 g/mol. The van der Waals surface area contributed by atoms with Crippen molar-refractivity contribution >= 4 is 25.7 Å². The SMILES string of the molecule is CCOCC(C)OC(=O)c1n[nH]c(C2CC2)c1S(=O)(=O)Cl. The van der Waals surface area contributed by atoms with E-state index in [9.17, 15) is 13.2 Å². The van der Waals surface area contributed by atoms with Crippen LogP contribution in [-0.4, -0.2) is 43.9 Å². The van der Waals surface area contributed by atoms with Crippen LogP contribution in [0.25, 0.3) is 0 Å². The van der Waals surface area contributed by atoms with E-state index in [1.807, 2.05) is 6.92 Å². The van der Waals surface area contributed by atoms with Gasteiger partial charge < -0.3 is 9.47 Å². The minimum Gasteiger partial charge on any atom is -0.455 e. The molecule has 1 saturated carbocycles. The highest BCUT2D eigenvalue weighted by Crippen LogP contribution is 2.43. The molecule has 1 aromatic rings. The molecule has 2 rings (SSSR count). The summed E-state index contributed by atoms with van der Waals surface area (Å²) in [7, 11) is 1.35. The first-order chi connectivity index (χ1) is 9.84. The van der Waals surface area contributed by atoms with E-state index in [1.165, 1.54) is 0 Å². The molecular weight excluding hydrogens is 320 g/mol. The Morgan fingerprint density at radius 3 is 2.71 bits per heavy atom. The lowest BCUT2D eigenvalue weighted by molar-refractivity contribution is 0.00353. The standard InChI is InChI=1S/C12H17ClN2O5S/c1-3-19-6-7(2)20-12(16)10-11(21(13,17)18)9(14-15-10)8-4-5-8/h7-8H,3-6H2,1-2H3,(H,14,15). The number of carbonyl (C=O) groups is 1. The van der Waals surface area contributed by atoms with Crippen LogP contribution >= 0.6 is 10.7 Å². The molecule has 1 N–H and O–H groups in total. The molecule has 9 heteroatoms. The lowest BCUT2D eigenvalue weighted by atomic mass is 10.2. The Morgan fingerprint density at radius 1 is 1.52 bits per heavy atom. The van der Waals surface area contributed by atoms with Crippen LogP contribution in [-0.2, 0) is 18.5 Å². The first-order valence-electron chi connectivity index (χ1n) is 6.66. The number of nitrogens with one attached hydrogen (secondary N) is 1. The molecule has 1 aliphatic carbocycles. The molecule has 0 aliphatic heterocycles. The highest BCUT2D eigenvalue weighted by molar-refractivity contribution is 8.13. The molecular formula is C12H17ClN2O5S. The zero-order valence-electron chi connectivity index (χ0n) is 11.8. The molecule has 21 heavy (non-hydrogen) atoms. The predicted octanol–water partition coefficient (Wildman–Crippen LogP) is 1.80. The molecule has 1 aromatic heterocycles. The Kier molecular flexibility index (Phi) is 4.90. The van der Waals surface area contributed by atoms with Crippen molar-refractivity contribution in [3.8, 4) is 0 Å². The third-order valence-electron chi connectivity index (χ3n) is 3.04. The van der Waals surface area contributed by atoms with Crippen molar-refractivity contribution < 1.29 is 22.7 Å². The van der Waals surface area contributed by atoms with Crippen molar-refractivity contribution in [3.63, 3.8) is 0 Å². The summed E-state index contributed by atoms with van der Waals surface area (Å²) in [5.41, 5.74) is 0.0876. The fraction of sp³-hybridized carbons (Fsp3) is 0.667. The van der Waals surface area contributed by atoms with E-state index in [2.05, 4.69) is 10.2 Å². The van der Waals surface area contributed by atoms with Crippen molar-refractivity contribution in [3.05, 3.63) is 11.4 Å². The number of esters is 1. The fourth-order valence-corrected chi connectivity index (χ4v) is 3.24. The van der Waals surface area contributed by atoms with E-state index < -0.39 is 21.1 Å². The smallest absolute Gasteiger partial charge is 0.360 e. The molecule has 7 nitrogen and oxygen atoms in total. The van der Waals surface area contributed by atoms with E-state index in [0.717, 1.165) is 12.8 Å². The second kappa shape index (κ2) is 6.33. The Labute approximate surface area is 127 Å². The number of hydrogen-bond donors (Lipinski definition) is 1. The molecule has 1 fully saturated rings. The van der Waals surface area contributed by atoms with Gasteiger partial charge in [0.1, 0.15) is 11.0 Å². The van der Waals surface area contributed by atoms with Crippen LogP contribution in [0.4, 0.5) is 0 Å². The van der Waals surface area contributed by atoms with Crippen LogP contribution in [0.15, 0.2) is 4.90 Å². The number of aromatic amines is 1. The third kappa shape index (κ3) is 3.96. The Balaban J connectivity index is 2.21. The Hall–Kier alpha value is -1.12. The average molecular weight is 337 g/mol. The summed E-state index contributed by atoms with van der Waals surface area (Å²) in [6.45, 7) is 4.20. The van der Waals surface area contributed by atoms with Gasteiger partial charge in [-0.2, -0.15) is 5.10 Å². The molecule has 0 aromatic carbocycles. The largest absolute Gasteiger partial charge is 0.455 e. The lowest BCUT2D eigenvalue weighted by Crippen LogP contribution is -2.21. The number of ether oxygens (including phenoxy) is 2. The molecule has 118 valence electrons. The van der Waals surface area contributed by atoms with Crippen LogP contribution in [0, 0.1) is 0 Å². The minimum absolute atomic E-state index is 0.0587. The van der Waals surface area contributed by atoms with Gasteiger partial charge in [-0.05, 0) is 26.7 Å². The van der Waals surface area contributed by atoms with E-state index in [4.69, 9.17) is 20.2 Å². The molecule has 0 saturated heterocycles. The first kappa shape index (κ1) is 16.3. The van der Waals surface area contributed by atoms with Crippen LogP contribution < -0.4 is 0 Å². The maximum absolute atomic E-state index is 12.1. The molecule has 0 amide bonds. The van der Waals surface area contributed by atoms with Gasteiger partial charge in [-0.3, -0.25) is 5.10 Å². The van der Waals surface area contributed by atoms with Gasteiger partial charge in [-0.1, -0.05) is 0 Å². The van der Waals surface area contributed by atoms with Crippen molar-refractivity contribution in [2.24, 2.45) is 0 Å². The van der Waals surface area contributed by atoms with Gasteiger partial charge in [-0.15, -0.1) is 0 Å². The number of halogens is 1. The van der Waals surface area contributed by atoms with Gasteiger partial charge in [0, 0.05) is 23.2 Å². The van der Waals surface area contributed by atoms with Crippen LogP contribution in [0.5, 0.6) is 0 Å².